The van der Waals surface area contributed by atoms with E-state index in [-0.39, 0.29) is 17.9 Å². The van der Waals surface area contributed by atoms with E-state index in [1.54, 1.807) is 0 Å². The second-order valence-corrected chi connectivity index (χ2v) is 7.96. The number of aromatic amines is 1. The molecule has 142 valence electrons. The van der Waals surface area contributed by atoms with Crippen molar-refractivity contribution in [3.8, 4) is 0 Å². The maximum atomic E-state index is 12.5. The highest BCUT2D eigenvalue weighted by molar-refractivity contribution is 7.89. The van der Waals surface area contributed by atoms with Gasteiger partial charge in [0.1, 0.15) is 0 Å². The Morgan fingerprint density at radius 1 is 1.24 bits per heavy atom. The third-order valence-electron chi connectivity index (χ3n) is 4.06. The molecule has 2 heterocycles. The number of nitrogens with zero attached hydrogens (tertiary/aromatic N) is 2. The van der Waals surface area contributed by atoms with Crippen LogP contribution in [0.25, 0.3) is 0 Å². The van der Waals surface area contributed by atoms with Crippen molar-refractivity contribution < 1.29 is 17.9 Å². The van der Waals surface area contributed by atoms with Gasteiger partial charge in [-0.05, 0) is 20.3 Å². The monoisotopic (exact) mass is 373 g/mol. The zero-order chi connectivity index (χ0) is 18.4. The molecule has 0 radical (unpaired) electrons. The number of unbranched alkanes of at least 4 members (excludes halogenated alkanes) is 1. The number of H-pyrrole nitrogens is 1. The normalized spacial score (nSPS) is 15.5. The van der Waals surface area contributed by atoms with Crippen LogP contribution >= 0.6 is 0 Å². The van der Waals surface area contributed by atoms with Gasteiger partial charge < -0.3 is 14.5 Å². The van der Waals surface area contributed by atoms with Crippen LogP contribution in [-0.2, 0) is 32.5 Å². The van der Waals surface area contributed by atoms with Gasteiger partial charge in [0.25, 0.3) is 5.56 Å². The first-order valence-corrected chi connectivity index (χ1v) is 10.4. The SMILES string of the molecule is CCCCS(=O)(=O)N1CCc2nc(C(OCC)OCC)[nH]c(=O)c2C1. The van der Waals surface area contributed by atoms with Crippen molar-refractivity contribution in [3.63, 3.8) is 0 Å². The van der Waals surface area contributed by atoms with Gasteiger partial charge in [-0.3, -0.25) is 4.79 Å². The van der Waals surface area contributed by atoms with E-state index in [1.807, 2.05) is 20.8 Å². The number of rotatable bonds is 9. The lowest BCUT2D eigenvalue weighted by atomic mass is 10.1. The predicted octanol–water partition coefficient (Wildman–Crippen LogP) is 1.33. The van der Waals surface area contributed by atoms with E-state index in [1.165, 1.54) is 4.31 Å². The minimum atomic E-state index is -3.35. The van der Waals surface area contributed by atoms with Gasteiger partial charge in [-0.15, -0.1) is 0 Å². The Kier molecular flexibility index (Phi) is 7.12. The Balaban J connectivity index is 2.25. The van der Waals surface area contributed by atoms with Crippen molar-refractivity contribution in [2.45, 2.75) is 52.9 Å². The summed E-state index contributed by atoms with van der Waals surface area (Å²) < 4.78 is 37.1. The minimum Gasteiger partial charge on any atom is -0.346 e. The minimum absolute atomic E-state index is 0.0674. The summed E-state index contributed by atoms with van der Waals surface area (Å²) in [6.45, 7) is 6.87. The molecule has 0 aromatic carbocycles. The lowest BCUT2D eigenvalue weighted by molar-refractivity contribution is -0.145. The van der Waals surface area contributed by atoms with Gasteiger partial charge in [0.05, 0.1) is 17.0 Å². The molecule has 8 nitrogen and oxygen atoms in total. The third kappa shape index (κ3) is 4.87. The zero-order valence-electron chi connectivity index (χ0n) is 15.1. The summed E-state index contributed by atoms with van der Waals surface area (Å²) in [7, 11) is -3.35. The molecular formula is C16H27N3O5S. The third-order valence-corrected chi connectivity index (χ3v) is 5.96. The average molecular weight is 373 g/mol. The molecule has 0 saturated heterocycles. The smallest absolute Gasteiger partial charge is 0.255 e. The summed E-state index contributed by atoms with van der Waals surface area (Å²) in [5.41, 5.74) is 0.687. The highest BCUT2D eigenvalue weighted by atomic mass is 32.2. The molecule has 1 aliphatic rings. The molecule has 0 atom stereocenters. The molecule has 0 bridgehead atoms. The number of hydrogen-bond donors (Lipinski definition) is 1. The number of nitrogens with one attached hydrogen (secondary N) is 1. The lowest BCUT2D eigenvalue weighted by Gasteiger charge is -2.27. The van der Waals surface area contributed by atoms with Crippen LogP contribution in [-0.4, -0.2) is 48.2 Å². The first kappa shape index (κ1) is 20.0. The molecule has 0 saturated carbocycles. The maximum absolute atomic E-state index is 12.5. The largest absolute Gasteiger partial charge is 0.346 e. The van der Waals surface area contributed by atoms with Crippen LogP contribution in [0.3, 0.4) is 0 Å². The van der Waals surface area contributed by atoms with E-state index in [9.17, 15) is 13.2 Å². The Morgan fingerprint density at radius 2 is 1.92 bits per heavy atom. The topological polar surface area (TPSA) is 102 Å². The molecule has 0 amide bonds. The van der Waals surface area contributed by atoms with Gasteiger partial charge in [0.15, 0.2) is 5.82 Å². The van der Waals surface area contributed by atoms with Gasteiger partial charge in [0, 0.05) is 32.7 Å². The van der Waals surface area contributed by atoms with Crippen molar-refractivity contribution in [2.24, 2.45) is 0 Å². The lowest BCUT2D eigenvalue weighted by Crippen LogP contribution is -2.41. The van der Waals surface area contributed by atoms with E-state index in [2.05, 4.69) is 9.97 Å². The summed E-state index contributed by atoms with van der Waals surface area (Å²) >= 11 is 0. The van der Waals surface area contributed by atoms with Crippen molar-refractivity contribution in [2.75, 3.05) is 25.5 Å². The molecule has 0 aliphatic carbocycles. The highest BCUT2D eigenvalue weighted by Gasteiger charge is 2.29. The van der Waals surface area contributed by atoms with E-state index in [4.69, 9.17) is 9.47 Å². The standard InChI is InChI=1S/C16H27N3O5S/c1-4-7-10-25(21,22)19-9-8-13-12(11-19)15(20)18-14(17-13)16(23-5-2)24-6-3/h16H,4-11H2,1-3H3,(H,17,18,20). The first-order chi connectivity index (χ1) is 11.9. The van der Waals surface area contributed by atoms with Crippen LogP contribution in [0.4, 0.5) is 0 Å². The molecule has 1 aliphatic heterocycles. The van der Waals surface area contributed by atoms with Gasteiger partial charge in [-0.2, -0.15) is 4.31 Å². The average Bonchev–Trinajstić information content (AvgIpc) is 2.59. The van der Waals surface area contributed by atoms with E-state index >= 15 is 0 Å². The Hall–Kier alpha value is -1.29. The second-order valence-electron chi connectivity index (χ2n) is 5.87. The molecule has 2 rings (SSSR count). The molecule has 9 heteroatoms. The first-order valence-electron chi connectivity index (χ1n) is 8.75. The molecule has 0 spiro atoms. The van der Waals surface area contributed by atoms with Gasteiger partial charge in [-0.1, -0.05) is 13.3 Å². The van der Waals surface area contributed by atoms with Crippen LogP contribution in [0.1, 0.15) is 57.0 Å². The molecule has 1 aromatic heterocycles. The molecular weight excluding hydrogens is 346 g/mol. The molecule has 1 aromatic rings. The summed E-state index contributed by atoms with van der Waals surface area (Å²) in [4.78, 5) is 19.6. The van der Waals surface area contributed by atoms with Crippen molar-refractivity contribution >= 4 is 10.0 Å². The summed E-state index contributed by atoms with van der Waals surface area (Å²) in [5.74, 6) is 0.439. The van der Waals surface area contributed by atoms with Gasteiger partial charge >= 0.3 is 0 Å². The fourth-order valence-electron chi connectivity index (χ4n) is 2.73. The molecule has 0 fully saturated rings. The number of ether oxygens (including phenoxy) is 2. The number of hydrogen-bond acceptors (Lipinski definition) is 6. The van der Waals surface area contributed by atoms with Crippen LogP contribution in [0.15, 0.2) is 4.79 Å². The van der Waals surface area contributed by atoms with Crippen LogP contribution < -0.4 is 5.56 Å². The predicted molar refractivity (Wildman–Crippen MR) is 93.7 cm³/mol. The number of fused-ring (bicyclic) bond motifs is 1. The van der Waals surface area contributed by atoms with E-state index in [0.717, 1.165) is 6.42 Å². The van der Waals surface area contributed by atoms with Crippen LogP contribution in [0, 0.1) is 0 Å². The second kappa shape index (κ2) is 8.88. The summed E-state index contributed by atoms with van der Waals surface area (Å²) in [5, 5.41) is 0. The molecule has 0 unspecified atom stereocenters. The van der Waals surface area contributed by atoms with Crippen LogP contribution in [0.2, 0.25) is 0 Å². The van der Waals surface area contributed by atoms with Crippen LogP contribution in [0.5, 0.6) is 0 Å². The highest BCUT2D eigenvalue weighted by Crippen LogP contribution is 2.20. The van der Waals surface area contributed by atoms with Gasteiger partial charge in [0.2, 0.25) is 16.3 Å². The summed E-state index contributed by atoms with van der Waals surface area (Å²) in [6.07, 6.45) is 1.11. The van der Waals surface area contributed by atoms with Crippen molar-refractivity contribution in [3.05, 3.63) is 27.4 Å². The fraction of sp³-hybridized carbons (Fsp3) is 0.750. The van der Waals surface area contributed by atoms with E-state index in [0.29, 0.717) is 49.7 Å². The Bertz CT molecular complexity index is 726. The number of aromatic nitrogens is 2. The Labute approximate surface area is 148 Å². The summed E-state index contributed by atoms with van der Waals surface area (Å²) in [6, 6.07) is 0. The zero-order valence-corrected chi connectivity index (χ0v) is 15.9. The molecule has 25 heavy (non-hydrogen) atoms. The van der Waals surface area contributed by atoms with Crippen molar-refractivity contribution in [1.29, 1.82) is 0 Å². The van der Waals surface area contributed by atoms with Gasteiger partial charge in [-0.25, -0.2) is 13.4 Å². The Morgan fingerprint density at radius 3 is 2.52 bits per heavy atom. The maximum Gasteiger partial charge on any atom is 0.255 e. The fourth-order valence-corrected chi connectivity index (χ4v) is 4.34. The molecule has 1 N–H and O–H groups in total. The van der Waals surface area contributed by atoms with E-state index < -0.39 is 16.3 Å². The number of sulfonamides is 1. The van der Waals surface area contributed by atoms with Crippen molar-refractivity contribution in [1.82, 2.24) is 14.3 Å². The quantitative estimate of drug-likeness (QED) is 0.655.